The van der Waals surface area contributed by atoms with Crippen molar-refractivity contribution in [3.63, 3.8) is 0 Å². The molecule has 0 radical (unpaired) electrons. The van der Waals surface area contributed by atoms with Crippen LogP contribution in [0.15, 0.2) is 36.4 Å². The number of non-ortho nitro benzene ring substituents is 1. The number of carbonyl (C=O) groups excluding carboxylic acids is 1. The van der Waals surface area contributed by atoms with Crippen LogP contribution in [-0.4, -0.2) is 17.9 Å². The zero-order valence-electron chi connectivity index (χ0n) is 11.3. The van der Waals surface area contributed by atoms with Crippen LogP contribution in [0.1, 0.15) is 10.4 Å². The van der Waals surface area contributed by atoms with Crippen molar-refractivity contribution < 1.29 is 23.2 Å². The number of anilines is 1. The quantitative estimate of drug-likeness (QED) is 0.695. The van der Waals surface area contributed by atoms with E-state index >= 15 is 0 Å². The molecule has 0 aliphatic rings. The molecule has 6 nitrogen and oxygen atoms in total. The minimum Gasteiger partial charge on any atom is -0.495 e. The molecule has 22 heavy (non-hydrogen) atoms. The summed E-state index contributed by atoms with van der Waals surface area (Å²) in [6.45, 7) is 0. The monoisotopic (exact) mass is 308 g/mol. The Morgan fingerprint density at radius 1 is 1.23 bits per heavy atom. The number of rotatable bonds is 4. The highest BCUT2D eigenvalue weighted by molar-refractivity contribution is 6.05. The molecule has 2 aromatic carbocycles. The first kappa shape index (κ1) is 15.4. The summed E-state index contributed by atoms with van der Waals surface area (Å²) in [4.78, 5) is 22.1. The maximum Gasteiger partial charge on any atom is 0.271 e. The summed E-state index contributed by atoms with van der Waals surface area (Å²) in [6.07, 6.45) is 0. The summed E-state index contributed by atoms with van der Waals surface area (Å²) in [6, 6.07) is 5.96. The standard InChI is InChI=1S/C14H10F2N2O4/c1-22-13-5-3-9(18(20)21)7-12(13)17-14(19)10-6-8(15)2-4-11(10)16/h2-7H,1H3,(H,17,19). The Hall–Kier alpha value is -3.03. The predicted molar refractivity (Wildman–Crippen MR) is 74.0 cm³/mol. The van der Waals surface area contributed by atoms with Crippen molar-refractivity contribution in [2.45, 2.75) is 0 Å². The lowest BCUT2D eigenvalue weighted by Gasteiger charge is -2.10. The van der Waals surface area contributed by atoms with E-state index in [0.29, 0.717) is 0 Å². The second kappa shape index (κ2) is 6.17. The van der Waals surface area contributed by atoms with Gasteiger partial charge in [-0.2, -0.15) is 0 Å². The van der Waals surface area contributed by atoms with Gasteiger partial charge in [0.25, 0.3) is 11.6 Å². The van der Waals surface area contributed by atoms with Gasteiger partial charge in [0, 0.05) is 12.1 Å². The minimum absolute atomic E-state index is 0.0228. The van der Waals surface area contributed by atoms with Gasteiger partial charge in [0.1, 0.15) is 17.4 Å². The third kappa shape index (κ3) is 3.17. The number of hydrogen-bond donors (Lipinski definition) is 1. The number of nitrogens with zero attached hydrogens (tertiary/aromatic N) is 1. The third-order valence-corrected chi connectivity index (χ3v) is 2.82. The lowest BCUT2D eigenvalue weighted by Crippen LogP contribution is -2.15. The van der Waals surface area contributed by atoms with Crippen LogP contribution in [-0.2, 0) is 0 Å². The van der Waals surface area contributed by atoms with E-state index in [9.17, 15) is 23.7 Å². The van der Waals surface area contributed by atoms with Crippen molar-refractivity contribution in [1.29, 1.82) is 0 Å². The number of hydrogen-bond acceptors (Lipinski definition) is 4. The zero-order valence-corrected chi connectivity index (χ0v) is 11.3. The van der Waals surface area contributed by atoms with E-state index in [4.69, 9.17) is 4.74 Å². The number of carbonyl (C=O) groups is 1. The summed E-state index contributed by atoms with van der Waals surface area (Å²) in [5, 5.41) is 13.0. The van der Waals surface area contributed by atoms with Gasteiger partial charge >= 0.3 is 0 Å². The van der Waals surface area contributed by atoms with E-state index < -0.39 is 28.0 Å². The summed E-state index contributed by atoms with van der Waals surface area (Å²) in [5.41, 5.74) is -0.824. The number of nitro benzene ring substituents is 1. The molecule has 0 bridgehead atoms. The van der Waals surface area contributed by atoms with Gasteiger partial charge in [-0.1, -0.05) is 0 Å². The average molecular weight is 308 g/mol. The summed E-state index contributed by atoms with van der Waals surface area (Å²) in [5.74, 6) is -2.49. The molecule has 0 unspecified atom stereocenters. The van der Waals surface area contributed by atoms with Gasteiger partial charge in [0.2, 0.25) is 0 Å². The van der Waals surface area contributed by atoms with Crippen molar-refractivity contribution >= 4 is 17.3 Å². The number of ether oxygens (including phenoxy) is 1. The number of nitro groups is 1. The van der Waals surface area contributed by atoms with Gasteiger partial charge < -0.3 is 10.1 Å². The summed E-state index contributed by atoms with van der Waals surface area (Å²) < 4.78 is 31.6. The highest BCUT2D eigenvalue weighted by Crippen LogP contribution is 2.29. The normalized spacial score (nSPS) is 10.1. The van der Waals surface area contributed by atoms with Gasteiger partial charge in [0.05, 0.1) is 23.3 Å². The van der Waals surface area contributed by atoms with E-state index in [1.165, 1.54) is 19.2 Å². The molecular formula is C14H10F2N2O4. The zero-order chi connectivity index (χ0) is 16.3. The van der Waals surface area contributed by atoms with E-state index in [2.05, 4.69) is 5.32 Å². The Kier molecular flexibility index (Phi) is 4.31. The Balaban J connectivity index is 2.36. The topological polar surface area (TPSA) is 81.5 Å². The van der Waals surface area contributed by atoms with Crippen LogP contribution in [0.5, 0.6) is 5.75 Å². The first-order valence-corrected chi connectivity index (χ1v) is 6.01. The van der Waals surface area contributed by atoms with Crippen molar-refractivity contribution in [2.75, 3.05) is 12.4 Å². The second-order valence-corrected chi connectivity index (χ2v) is 4.22. The molecule has 0 heterocycles. The largest absolute Gasteiger partial charge is 0.495 e. The molecule has 0 fully saturated rings. The maximum atomic E-state index is 13.5. The van der Waals surface area contributed by atoms with E-state index in [1.54, 1.807) is 0 Å². The lowest BCUT2D eigenvalue weighted by molar-refractivity contribution is -0.384. The highest BCUT2D eigenvalue weighted by atomic mass is 19.1. The molecule has 0 aliphatic heterocycles. The highest BCUT2D eigenvalue weighted by Gasteiger charge is 2.17. The van der Waals surface area contributed by atoms with Crippen LogP contribution >= 0.6 is 0 Å². The Bertz CT molecular complexity index is 750. The van der Waals surface area contributed by atoms with Crippen molar-refractivity contribution in [1.82, 2.24) is 0 Å². The van der Waals surface area contributed by atoms with E-state index in [-0.39, 0.29) is 17.1 Å². The van der Waals surface area contributed by atoms with Crippen LogP contribution in [0.25, 0.3) is 0 Å². The molecular weight excluding hydrogens is 298 g/mol. The van der Waals surface area contributed by atoms with Gasteiger partial charge in [-0.15, -0.1) is 0 Å². The molecule has 1 N–H and O–H groups in total. The molecule has 0 saturated heterocycles. The van der Waals surface area contributed by atoms with Crippen LogP contribution in [0, 0.1) is 21.7 Å². The van der Waals surface area contributed by atoms with Gasteiger partial charge in [0.15, 0.2) is 0 Å². The van der Waals surface area contributed by atoms with Crippen molar-refractivity contribution in [3.05, 3.63) is 63.7 Å². The number of methoxy groups -OCH3 is 1. The number of benzene rings is 2. The van der Waals surface area contributed by atoms with Gasteiger partial charge in [-0.3, -0.25) is 14.9 Å². The second-order valence-electron chi connectivity index (χ2n) is 4.22. The number of halogens is 2. The fourth-order valence-corrected chi connectivity index (χ4v) is 1.77. The van der Waals surface area contributed by atoms with Gasteiger partial charge in [-0.05, 0) is 24.3 Å². The lowest BCUT2D eigenvalue weighted by atomic mass is 10.2. The molecule has 1 amide bonds. The van der Waals surface area contributed by atoms with Crippen LogP contribution in [0.2, 0.25) is 0 Å². The Morgan fingerprint density at radius 2 is 1.95 bits per heavy atom. The molecule has 2 rings (SSSR count). The van der Waals surface area contributed by atoms with Gasteiger partial charge in [-0.25, -0.2) is 8.78 Å². The molecule has 114 valence electrons. The van der Waals surface area contributed by atoms with E-state index in [0.717, 1.165) is 24.3 Å². The summed E-state index contributed by atoms with van der Waals surface area (Å²) >= 11 is 0. The predicted octanol–water partition coefficient (Wildman–Crippen LogP) is 3.13. The first-order valence-electron chi connectivity index (χ1n) is 6.01. The maximum absolute atomic E-state index is 13.5. The molecule has 2 aromatic rings. The molecule has 0 spiro atoms. The van der Waals surface area contributed by atoms with Crippen molar-refractivity contribution in [2.24, 2.45) is 0 Å². The molecule has 0 aromatic heterocycles. The number of amides is 1. The third-order valence-electron chi connectivity index (χ3n) is 2.82. The SMILES string of the molecule is COc1ccc([N+](=O)[O-])cc1NC(=O)c1cc(F)ccc1F. The van der Waals surface area contributed by atoms with E-state index in [1.807, 2.05) is 0 Å². The average Bonchev–Trinajstić information content (AvgIpc) is 2.49. The van der Waals surface area contributed by atoms with Crippen LogP contribution in [0.3, 0.4) is 0 Å². The fourth-order valence-electron chi connectivity index (χ4n) is 1.77. The minimum atomic E-state index is -0.948. The van der Waals surface area contributed by atoms with Crippen LogP contribution in [0.4, 0.5) is 20.2 Å². The Labute approximate surface area is 123 Å². The molecule has 8 heteroatoms. The first-order chi connectivity index (χ1) is 10.4. The van der Waals surface area contributed by atoms with Crippen LogP contribution < -0.4 is 10.1 Å². The van der Waals surface area contributed by atoms with Crippen molar-refractivity contribution in [3.8, 4) is 5.75 Å². The summed E-state index contributed by atoms with van der Waals surface area (Å²) in [7, 11) is 1.31. The molecule has 0 atom stereocenters. The molecule has 0 saturated carbocycles. The smallest absolute Gasteiger partial charge is 0.271 e. The number of nitrogens with one attached hydrogen (secondary N) is 1. The molecule has 0 aliphatic carbocycles. The Morgan fingerprint density at radius 3 is 2.59 bits per heavy atom. The fraction of sp³-hybridized carbons (Fsp3) is 0.0714.